The average Bonchev–Trinajstić information content (AvgIpc) is 2.70. The molecule has 0 saturated carbocycles. The van der Waals surface area contributed by atoms with Crippen molar-refractivity contribution in [3.63, 3.8) is 0 Å². The maximum Gasteiger partial charge on any atom is 0.190 e. The summed E-state index contributed by atoms with van der Waals surface area (Å²) in [5.41, 5.74) is -0.299. The molecule has 3 atom stereocenters. The van der Waals surface area contributed by atoms with Crippen LogP contribution in [0.4, 0.5) is 8.78 Å². The van der Waals surface area contributed by atoms with Crippen molar-refractivity contribution in [2.45, 2.75) is 41.0 Å². The quantitative estimate of drug-likeness (QED) is 0.790. The van der Waals surface area contributed by atoms with Crippen molar-refractivity contribution < 1.29 is 21.9 Å². The molecule has 9 heteroatoms. The summed E-state index contributed by atoms with van der Waals surface area (Å²) < 4.78 is 60.9. The molecule has 0 aliphatic carbocycles. The summed E-state index contributed by atoms with van der Waals surface area (Å²) in [6, 6.07) is 8.39. The predicted molar refractivity (Wildman–Crippen MR) is 102 cm³/mol. The number of hydrogen-bond donors (Lipinski definition) is 1. The first kappa shape index (κ1) is 20.1. The molecule has 0 radical (unpaired) electrons. The number of rotatable bonds is 3. The molecule has 1 fully saturated rings. The number of ether oxygens (including phenoxy) is 1. The van der Waals surface area contributed by atoms with Gasteiger partial charge in [-0.15, -0.1) is 0 Å². The van der Waals surface area contributed by atoms with Gasteiger partial charge >= 0.3 is 0 Å². The third-order valence-electron chi connectivity index (χ3n) is 5.68. The van der Waals surface area contributed by atoms with E-state index in [4.69, 9.17) is 21.6 Å². The van der Waals surface area contributed by atoms with Crippen LogP contribution in [0.2, 0.25) is 5.02 Å². The zero-order valence-corrected chi connectivity index (χ0v) is 16.7. The average molecular weight is 439 g/mol. The minimum absolute atomic E-state index is 0.0265. The van der Waals surface area contributed by atoms with Gasteiger partial charge in [-0.2, -0.15) is 5.26 Å². The van der Waals surface area contributed by atoms with Gasteiger partial charge in [0.05, 0.1) is 29.0 Å². The van der Waals surface area contributed by atoms with Gasteiger partial charge in [-0.25, -0.2) is 17.2 Å². The lowest BCUT2D eigenvalue weighted by Crippen LogP contribution is -2.64. The van der Waals surface area contributed by atoms with E-state index in [1.165, 1.54) is 24.3 Å². The van der Waals surface area contributed by atoms with Crippen molar-refractivity contribution >= 4 is 21.4 Å². The molecule has 5 nitrogen and oxygen atoms in total. The van der Waals surface area contributed by atoms with Crippen molar-refractivity contribution in [1.29, 1.82) is 5.26 Å². The van der Waals surface area contributed by atoms with Gasteiger partial charge in [0.1, 0.15) is 17.2 Å². The second-order valence-corrected chi connectivity index (χ2v) is 9.85. The standard InChI is InChI=1S/C20H17ClF2N2O3S/c21-12-1-3-14(4-2-12)29(26,27)20-9-7-13(8-10-24)25-17(20)11-28-19-16(23)6-5-15(22)18(19)20/h1-6,13,17,25H,7-9,11H2/t13-,17+,20+/m0/s1. The Morgan fingerprint density at radius 2 is 1.90 bits per heavy atom. The van der Waals surface area contributed by atoms with E-state index in [0.717, 1.165) is 12.1 Å². The van der Waals surface area contributed by atoms with Crippen molar-refractivity contribution in [1.82, 2.24) is 5.32 Å². The van der Waals surface area contributed by atoms with Crippen LogP contribution in [-0.2, 0) is 14.6 Å². The molecular formula is C20H17ClF2N2O3S. The summed E-state index contributed by atoms with van der Waals surface area (Å²) in [7, 11) is -4.18. The van der Waals surface area contributed by atoms with Gasteiger partial charge in [0.2, 0.25) is 0 Å². The van der Waals surface area contributed by atoms with Gasteiger partial charge in [-0.05, 0) is 49.2 Å². The van der Waals surface area contributed by atoms with E-state index in [1.807, 2.05) is 0 Å². The number of nitrogens with one attached hydrogen (secondary N) is 1. The van der Waals surface area contributed by atoms with E-state index in [9.17, 15) is 12.8 Å². The first-order valence-corrected chi connectivity index (χ1v) is 10.9. The van der Waals surface area contributed by atoms with Crippen LogP contribution in [0, 0.1) is 23.0 Å². The van der Waals surface area contributed by atoms with Gasteiger partial charge in [0.15, 0.2) is 21.4 Å². The van der Waals surface area contributed by atoms with Crippen molar-refractivity contribution in [2.24, 2.45) is 0 Å². The van der Waals surface area contributed by atoms with Gasteiger partial charge in [-0.1, -0.05) is 11.6 Å². The Hall–Kier alpha value is -2.21. The van der Waals surface area contributed by atoms with Crippen LogP contribution in [0.1, 0.15) is 24.8 Å². The summed E-state index contributed by atoms with van der Waals surface area (Å²) in [5, 5.41) is 12.5. The third kappa shape index (κ3) is 3.00. The van der Waals surface area contributed by atoms with E-state index in [-0.39, 0.29) is 41.7 Å². The lowest BCUT2D eigenvalue weighted by molar-refractivity contribution is 0.137. The molecule has 0 amide bonds. The van der Waals surface area contributed by atoms with Crippen LogP contribution in [0.25, 0.3) is 0 Å². The topological polar surface area (TPSA) is 79.2 Å². The van der Waals surface area contributed by atoms with Gasteiger partial charge in [0.25, 0.3) is 0 Å². The molecule has 4 rings (SSSR count). The number of piperidine rings is 1. The second-order valence-electron chi connectivity index (χ2n) is 7.21. The van der Waals surface area contributed by atoms with Crippen LogP contribution < -0.4 is 10.1 Å². The molecule has 0 spiro atoms. The highest BCUT2D eigenvalue weighted by Crippen LogP contribution is 2.52. The number of nitrogens with zero attached hydrogens (tertiary/aromatic N) is 1. The Morgan fingerprint density at radius 3 is 2.59 bits per heavy atom. The van der Waals surface area contributed by atoms with E-state index in [2.05, 4.69) is 11.4 Å². The molecule has 1 N–H and O–H groups in total. The summed E-state index contributed by atoms with van der Waals surface area (Å²) >= 11 is 5.90. The van der Waals surface area contributed by atoms with Crippen LogP contribution >= 0.6 is 11.6 Å². The molecule has 2 heterocycles. The number of fused-ring (bicyclic) bond motifs is 3. The van der Waals surface area contributed by atoms with Crippen LogP contribution in [0.5, 0.6) is 5.75 Å². The molecule has 2 aliphatic heterocycles. The second kappa shape index (κ2) is 7.24. The van der Waals surface area contributed by atoms with Crippen LogP contribution in [0.3, 0.4) is 0 Å². The highest BCUT2D eigenvalue weighted by atomic mass is 35.5. The zero-order chi connectivity index (χ0) is 20.8. The minimum atomic E-state index is -4.18. The Kier molecular flexibility index (Phi) is 5.01. The molecule has 29 heavy (non-hydrogen) atoms. The largest absolute Gasteiger partial charge is 0.488 e. The third-order valence-corrected chi connectivity index (χ3v) is 8.48. The molecule has 2 aromatic rings. The molecule has 0 bridgehead atoms. The Bertz CT molecular complexity index is 1100. The van der Waals surface area contributed by atoms with E-state index in [0.29, 0.717) is 11.4 Å². The molecule has 0 aromatic heterocycles. The zero-order valence-electron chi connectivity index (χ0n) is 15.2. The van der Waals surface area contributed by atoms with Gasteiger partial charge < -0.3 is 10.1 Å². The number of halogens is 3. The van der Waals surface area contributed by atoms with Gasteiger partial charge in [0, 0.05) is 11.1 Å². The van der Waals surface area contributed by atoms with E-state index >= 15 is 4.39 Å². The SMILES string of the molecule is N#CC[C@@H]1CC[C@]2(S(=O)(=O)c3ccc(Cl)cc3)c3c(F)ccc(F)c3OC[C@H]2N1. The minimum Gasteiger partial charge on any atom is -0.488 e. The number of benzene rings is 2. The molecule has 2 aromatic carbocycles. The predicted octanol–water partition coefficient (Wildman–Crippen LogP) is 3.71. The first-order valence-electron chi connectivity index (χ1n) is 9.05. The number of nitriles is 1. The fourth-order valence-electron chi connectivity index (χ4n) is 4.33. The van der Waals surface area contributed by atoms with E-state index < -0.39 is 32.3 Å². The number of sulfone groups is 1. The highest BCUT2D eigenvalue weighted by molar-refractivity contribution is 7.92. The highest BCUT2D eigenvalue weighted by Gasteiger charge is 2.59. The van der Waals surface area contributed by atoms with Crippen LogP contribution in [-0.4, -0.2) is 27.1 Å². The molecule has 0 unspecified atom stereocenters. The van der Waals surface area contributed by atoms with Crippen molar-refractivity contribution in [2.75, 3.05) is 6.61 Å². The molecular weight excluding hydrogens is 422 g/mol. The van der Waals surface area contributed by atoms with E-state index in [1.54, 1.807) is 0 Å². The lowest BCUT2D eigenvalue weighted by atomic mass is 9.79. The maximum absolute atomic E-state index is 15.0. The smallest absolute Gasteiger partial charge is 0.190 e. The van der Waals surface area contributed by atoms with Crippen molar-refractivity contribution in [3.8, 4) is 11.8 Å². The summed E-state index contributed by atoms with van der Waals surface area (Å²) in [4.78, 5) is -0.0380. The summed E-state index contributed by atoms with van der Waals surface area (Å²) in [6.45, 7) is -0.165. The Balaban J connectivity index is 1.96. The molecule has 1 saturated heterocycles. The Morgan fingerprint density at radius 1 is 1.21 bits per heavy atom. The molecule has 2 aliphatic rings. The van der Waals surface area contributed by atoms with Crippen molar-refractivity contribution in [3.05, 3.63) is 58.6 Å². The first-order chi connectivity index (χ1) is 13.8. The Labute approximate surface area is 172 Å². The normalized spacial score (nSPS) is 26.0. The molecule has 152 valence electrons. The summed E-state index contributed by atoms with van der Waals surface area (Å²) in [6.07, 6.45) is 0.511. The van der Waals surface area contributed by atoms with Gasteiger partial charge in [-0.3, -0.25) is 0 Å². The fraction of sp³-hybridized carbons (Fsp3) is 0.350. The fourth-order valence-corrected chi connectivity index (χ4v) is 6.73. The summed E-state index contributed by atoms with van der Waals surface area (Å²) in [5.74, 6) is -2.03. The van der Waals surface area contributed by atoms with Crippen LogP contribution in [0.15, 0.2) is 41.3 Å². The monoisotopic (exact) mass is 438 g/mol. The lowest BCUT2D eigenvalue weighted by Gasteiger charge is -2.49. The number of hydrogen-bond acceptors (Lipinski definition) is 5. The maximum atomic E-state index is 15.0.